The number of rotatable bonds is 5. The minimum atomic E-state index is 0.0441. The molecule has 1 fully saturated rings. The van der Waals surface area contributed by atoms with Gasteiger partial charge in [0, 0.05) is 25.3 Å². The molecule has 0 aromatic carbocycles. The van der Waals surface area contributed by atoms with E-state index < -0.39 is 0 Å². The number of aromatic nitrogens is 2. The molecule has 4 heteroatoms. The predicted molar refractivity (Wildman–Crippen MR) is 72.2 cm³/mol. The van der Waals surface area contributed by atoms with E-state index >= 15 is 0 Å². The summed E-state index contributed by atoms with van der Waals surface area (Å²) in [6, 6.07) is 0.0441. The van der Waals surface area contributed by atoms with Crippen molar-refractivity contribution in [2.24, 2.45) is 17.1 Å². The highest BCUT2D eigenvalue weighted by molar-refractivity contribution is 5.07. The summed E-state index contributed by atoms with van der Waals surface area (Å²) in [5, 5.41) is 0. The topological polar surface area (TPSA) is 53.1 Å². The van der Waals surface area contributed by atoms with Crippen molar-refractivity contribution in [2.75, 3.05) is 13.2 Å². The van der Waals surface area contributed by atoms with E-state index in [1.54, 1.807) is 0 Å². The van der Waals surface area contributed by atoms with Gasteiger partial charge in [-0.1, -0.05) is 20.8 Å². The lowest BCUT2D eigenvalue weighted by Crippen LogP contribution is -2.27. The molecule has 1 aliphatic heterocycles. The highest BCUT2D eigenvalue weighted by Gasteiger charge is 2.27. The van der Waals surface area contributed by atoms with Gasteiger partial charge in [-0.2, -0.15) is 0 Å². The largest absolute Gasteiger partial charge is 0.381 e. The first-order valence-electron chi connectivity index (χ1n) is 6.87. The molecular weight excluding hydrogens is 226 g/mol. The highest BCUT2D eigenvalue weighted by atomic mass is 16.5. The van der Waals surface area contributed by atoms with E-state index in [0.717, 1.165) is 38.3 Å². The fraction of sp³-hybridized carbons (Fsp3) is 0.786. The van der Waals surface area contributed by atoms with Crippen LogP contribution in [0.25, 0.3) is 0 Å². The summed E-state index contributed by atoms with van der Waals surface area (Å²) in [7, 11) is 0. The van der Waals surface area contributed by atoms with Crippen LogP contribution >= 0.6 is 0 Å². The van der Waals surface area contributed by atoms with E-state index in [4.69, 9.17) is 10.5 Å². The summed E-state index contributed by atoms with van der Waals surface area (Å²) < 4.78 is 7.64. The van der Waals surface area contributed by atoms with Crippen LogP contribution in [-0.4, -0.2) is 22.8 Å². The Balaban J connectivity index is 2.11. The van der Waals surface area contributed by atoms with Crippen LogP contribution < -0.4 is 5.73 Å². The molecule has 0 saturated carbocycles. The van der Waals surface area contributed by atoms with Gasteiger partial charge in [0.25, 0.3) is 0 Å². The average Bonchev–Trinajstić information content (AvgIpc) is 2.98. The van der Waals surface area contributed by atoms with E-state index in [1.807, 2.05) is 12.5 Å². The number of ether oxygens (including phenoxy) is 1. The fourth-order valence-corrected chi connectivity index (χ4v) is 2.39. The molecule has 2 atom stereocenters. The molecule has 0 radical (unpaired) electrons. The van der Waals surface area contributed by atoms with Crippen molar-refractivity contribution < 1.29 is 4.74 Å². The highest BCUT2D eigenvalue weighted by Crippen LogP contribution is 2.29. The molecule has 1 aliphatic rings. The second-order valence-electron chi connectivity index (χ2n) is 6.11. The molecule has 0 amide bonds. The van der Waals surface area contributed by atoms with Gasteiger partial charge in [-0.15, -0.1) is 0 Å². The van der Waals surface area contributed by atoms with Crippen LogP contribution in [0.3, 0.4) is 0 Å². The molecule has 2 N–H and O–H groups in total. The second-order valence-corrected chi connectivity index (χ2v) is 6.11. The van der Waals surface area contributed by atoms with Crippen molar-refractivity contribution in [1.29, 1.82) is 0 Å². The van der Waals surface area contributed by atoms with Crippen molar-refractivity contribution in [3.63, 3.8) is 0 Å². The Kier molecular flexibility index (Phi) is 4.07. The molecule has 18 heavy (non-hydrogen) atoms. The van der Waals surface area contributed by atoms with Crippen LogP contribution in [0.5, 0.6) is 0 Å². The van der Waals surface area contributed by atoms with E-state index in [-0.39, 0.29) is 11.5 Å². The summed E-state index contributed by atoms with van der Waals surface area (Å²) >= 11 is 0. The van der Waals surface area contributed by atoms with E-state index in [1.165, 1.54) is 0 Å². The second kappa shape index (κ2) is 5.41. The summed E-state index contributed by atoms with van der Waals surface area (Å²) in [5.41, 5.74) is 7.79. The maximum atomic E-state index is 6.37. The van der Waals surface area contributed by atoms with Gasteiger partial charge in [-0.3, -0.25) is 0 Å². The van der Waals surface area contributed by atoms with Crippen LogP contribution in [0.2, 0.25) is 0 Å². The monoisotopic (exact) mass is 251 g/mol. The summed E-state index contributed by atoms with van der Waals surface area (Å²) in [6.45, 7) is 9.37. The normalized spacial score (nSPS) is 22.3. The zero-order chi connectivity index (χ0) is 13.2. The van der Waals surface area contributed by atoms with E-state index in [2.05, 4.69) is 30.3 Å². The maximum Gasteiger partial charge on any atom is 0.0948 e. The van der Waals surface area contributed by atoms with Crippen molar-refractivity contribution >= 4 is 0 Å². The van der Waals surface area contributed by atoms with Gasteiger partial charge >= 0.3 is 0 Å². The SMILES string of the molecule is CCC(C)(C)Cn1cncc1C(N)C1CCOC1. The zero-order valence-corrected chi connectivity index (χ0v) is 11.7. The van der Waals surface area contributed by atoms with Crippen molar-refractivity contribution in [1.82, 2.24) is 9.55 Å². The van der Waals surface area contributed by atoms with Gasteiger partial charge in [0.05, 0.1) is 24.7 Å². The third-order valence-corrected chi connectivity index (χ3v) is 4.11. The summed E-state index contributed by atoms with van der Waals surface area (Å²) in [4.78, 5) is 4.28. The molecule has 4 nitrogen and oxygen atoms in total. The first kappa shape index (κ1) is 13.6. The van der Waals surface area contributed by atoms with Crippen LogP contribution in [0.15, 0.2) is 12.5 Å². The van der Waals surface area contributed by atoms with Crippen LogP contribution in [0.4, 0.5) is 0 Å². The Hall–Kier alpha value is -0.870. The van der Waals surface area contributed by atoms with Crippen LogP contribution in [-0.2, 0) is 11.3 Å². The maximum absolute atomic E-state index is 6.37. The molecule has 2 heterocycles. The van der Waals surface area contributed by atoms with Crippen molar-refractivity contribution in [3.8, 4) is 0 Å². The number of nitrogens with two attached hydrogens (primary N) is 1. The summed E-state index contributed by atoms with van der Waals surface area (Å²) in [6.07, 6.45) is 6.02. The van der Waals surface area contributed by atoms with Crippen molar-refractivity contribution in [3.05, 3.63) is 18.2 Å². The molecule has 0 aliphatic carbocycles. The molecule has 1 aromatic heterocycles. The first-order valence-corrected chi connectivity index (χ1v) is 6.87. The molecule has 0 spiro atoms. The number of hydrogen-bond acceptors (Lipinski definition) is 3. The summed E-state index contributed by atoms with van der Waals surface area (Å²) in [5.74, 6) is 0.435. The van der Waals surface area contributed by atoms with Gasteiger partial charge < -0.3 is 15.0 Å². The van der Waals surface area contributed by atoms with Gasteiger partial charge in [-0.05, 0) is 18.3 Å². The zero-order valence-electron chi connectivity index (χ0n) is 11.7. The fourth-order valence-electron chi connectivity index (χ4n) is 2.39. The molecule has 0 bridgehead atoms. The van der Waals surface area contributed by atoms with Crippen LogP contribution in [0.1, 0.15) is 45.3 Å². The Bertz CT molecular complexity index is 380. The molecule has 1 aromatic rings. The minimum Gasteiger partial charge on any atom is -0.381 e. The third kappa shape index (κ3) is 2.93. The Morgan fingerprint density at radius 3 is 3.00 bits per heavy atom. The predicted octanol–water partition coefficient (Wildman–Crippen LogP) is 2.36. The number of imidazole rings is 1. The Morgan fingerprint density at radius 1 is 1.61 bits per heavy atom. The van der Waals surface area contributed by atoms with E-state index in [0.29, 0.717) is 5.92 Å². The number of nitrogens with zero attached hydrogens (tertiary/aromatic N) is 2. The molecule has 1 saturated heterocycles. The standard InChI is InChI=1S/C14H25N3O/c1-4-14(2,3)9-17-10-16-7-12(17)13(15)11-5-6-18-8-11/h7,10-11,13H,4-6,8-9,15H2,1-3H3. The lowest BCUT2D eigenvalue weighted by Gasteiger charge is -2.26. The van der Waals surface area contributed by atoms with Gasteiger partial charge in [0.1, 0.15) is 0 Å². The lowest BCUT2D eigenvalue weighted by molar-refractivity contribution is 0.179. The molecular formula is C14H25N3O. The van der Waals surface area contributed by atoms with Crippen LogP contribution in [0, 0.1) is 11.3 Å². The number of hydrogen-bond donors (Lipinski definition) is 1. The average molecular weight is 251 g/mol. The first-order chi connectivity index (χ1) is 8.53. The molecule has 2 rings (SSSR count). The van der Waals surface area contributed by atoms with E-state index in [9.17, 15) is 0 Å². The van der Waals surface area contributed by atoms with Gasteiger partial charge in [0.2, 0.25) is 0 Å². The third-order valence-electron chi connectivity index (χ3n) is 4.11. The van der Waals surface area contributed by atoms with Gasteiger partial charge in [0.15, 0.2) is 0 Å². The van der Waals surface area contributed by atoms with Crippen molar-refractivity contribution in [2.45, 2.75) is 46.2 Å². The molecule has 102 valence electrons. The quantitative estimate of drug-likeness (QED) is 0.874. The Labute approximate surface area is 110 Å². The minimum absolute atomic E-state index is 0.0441. The van der Waals surface area contributed by atoms with Gasteiger partial charge in [-0.25, -0.2) is 4.98 Å². The lowest BCUT2D eigenvalue weighted by atomic mass is 9.89. The smallest absolute Gasteiger partial charge is 0.0948 e. The Morgan fingerprint density at radius 2 is 2.39 bits per heavy atom. The molecule has 2 unspecified atom stereocenters.